The van der Waals surface area contributed by atoms with Crippen LogP contribution in [-0.4, -0.2) is 16.9 Å². The summed E-state index contributed by atoms with van der Waals surface area (Å²) in [4.78, 5) is 26.5. The first-order valence-corrected chi connectivity index (χ1v) is 8.60. The van der Waals surface area contributed by atoms with Gasteiger partial charge in [0.05, 0.1) is 5.52 Å². The molecule has 1 atom stereocenters. The van der Waals surface area contributed by atoms with Crippen molar-refractivity contribution in [2.45, 2.75) is 57.4 Å². The standard InChI is InChI=1S/C18H22N2O3/c21-16(12-6-7-14-13(11-12)19-17(22)23-14)20-15-5-1-2-8-18(15)9-3-4-10-18/h6-7,11,15H,1-5,8-10H2,(H,19,22)(H,20,21). The van der Waals surface area contributed by atoms with Crippen LogP contribution in [-0.2, 0) is 0 Å². The zero-order valence-electron chi connectivity index (χ0n) is 13.2. The minimum absolute atomic E-state index is 0.0490. The van der Waals surface area contributed by atoms with Crippen molar-refractivity contribution in [1.29, 1.82) is 0 Å². The number of rotatable bonds is 2. The molecule has 1 aromatic heterocycles. The Bertz CT molecular complexity index is 783. The number of amides is 1. The Kier molecular flexibility index (Phi) is 3.51. The molecule has 5 nitrogen and oxygen atoms in total. The molecule has 0 saturated heterocycles. The van der Waals surface area contributed by atoms with E-state index < -0.39 is 5.76 Å². The number of carbonyl (C=O) groups excluding carboxylic acids is 1. The van der Waals surface area contributed by atoms with E-state index in [1.807, 2.05) is 0 Å². The molecule has 1 aromatic carbocycles. The SMILES string of the molecule is O=C(NC1CCCCC12CCCC2)c1ccc2oc(=O)[nH]c2c1. The summed E-state index contributed by atoms with van der Waals surface area (Å²) in [6.07, 6.45) is 9.86. The minimum Gasteiger partial charge on any atom is -0.408 e. The average molecular weight is 314 g/mol. The summed E-state index contributed by atoms with van der Waals surface area (Å²) >= 11 is 0. The van der Waals surface area contributed by atoms with Crippen LogP contribution in [0.2, 0.25) is 0 Å². The summed E-state index contributed by atoms with van der Waals surface area (Å²) in [6, 6.07) is 5.37. The fourth-order valence-electron chi connectivity index (χ4n) is 4.54. The highest BCUT2D eigenvalue weighted by molar-refractivity contribution is 5.97. The van der Waals surface area contributed by atoms with Gasteiger partial charge in [0.25, 0.3) is 5.91 Å². The molecule has 0 radical (unpaired) electrons. The Balaban J connectivity index is 1.56. The van der Waals surface area contributed by atoms with E-state index in [0.717, 1.165) is 6.42 Å². The first kappa shape index (κ1) is 14.5. The Morgan fingerprint density at radius 1 is 1.17 bits per heavy atom. The van der Waals surface area contributed by atoms with Crippen molar-refractivity contribution in [3.05, 3.63) is 34.3 Å². The lowest BCUT2D eigenvalue weighted by molar-refractivity contribution is 0.0805. The van der Waals surface area contributed by atoms with Crippen LogP contribution in [0, 0.1) is 5.41 Å². The molecule has 0 bridgehead atoms. The van der Waals surface area contributed by atoms with Gasteiger partial charge in [-0.2, -0.15) is 0 Å². The van der Waals surface area contributed by atoms with Crippen molar-refractivity contribution in [2.24, 2.45) is 5.41 Å². The summed E-state index contributed by atoms with van der Waals surface area (Å²) in [6.45, 7) is 0. The largest absolute Gasteiger partial charge is 0.417 e. The van der Waals surface area contributed by atoms with Gasteiger partial charge in [0.1, 0.15) is 0 Å². The molecule has 4 rings (SSSR count). The second kappa shape index (κ2) is 5.55. The first-order chi connectivity index (χ1) is 11.2. The van der Waals surface area contributed by atoms with Crippen molar-refractivity contribution in [3.8, 4) is 0 Å². The van der Waals surface area contributed by atoms with E-state index >= 15 is 0 Å². The van der Waals surface area contributed by atoms with Gasteiger partial charge in [-0.05, 0) is 49.3 Å². The Hall–Kier alpha value is -2.04. The van der Waals surface area contributed by atoms with Gasteiger partial charge in [-0.3, -0.25) is 9.78 Å². The van der Waals surface area contributed by atoms with Gasteiger partial charge >= 0.3 is 5.76 Å². The Morgan fingerprint density at radius 3 is 2.70 bits per heavy atom. The molecule has 2 saturated carbocycles. The lowest BCUT2D eigenvalue weighted by Crippen LogP contribution is -2.48. The third-order valence-electron chi connectivity index (χ3n) is 5.74. The van der Waals surface area contributed by atoms with Crippen molar-refractivity contribution >= 4 is 17.0 Å². The number of H-pyrrole nitrogens is 1. The van der Waals surface area contributed by atoms with Gasteiger partial charge in [0, 0.05) is 11.6 Å². The highest BCUT2D eigenvalue weighted by Crippen LogP contribution is 2.49. The minimum atomic E-state index is -0.491. The van der Waals surface area contributed by atoms with Crippen molar-refractivity contribution in [1.82, 2.24) is 10.3 Å². The predicted octanol–water partition coefficient (Wildman–Crippen LogP) is 3.35. The average Bonchev–Trinajstić information content (AvgIpc) is 3.15. The van der Waals surface area contributed by atoms with Gasteiger partial charge in [-0.25, -0.2) is 4.79 Å². The molecule has 1 heterocycles. The van der Waals surface area contributed by atoms with E-state index in [1.54, 1.807) is 18.2 Å². The molecule has 2 aromatic rings. The highest BCUT2D eigenvalue weighted by atomic mass is 16.4. The number of fused-ring (bicyclic) bond motifs is 1. The molecule has 122 valence electrons. The number of aromatic amines is 1. The van der Waals surface area contributed by atoms with Gasteiger partial charge in [-0.1, -0.05) is 25.7 Å². The van der Waals surface area contributed by atoms with Crippen LogP contribution in [0.25, 0.3) is 11.1 Å². The molecule has 2 N–H and O–H groups in total. The number of oxazole rings is 1. The predicted molar refractivity (Wildman–Crippen MR) is 87.5 cm³/mol. The molecule has 1 amide bonds. The van der Waals surface area contributed by atoms with Gasteiger partial charge in [0.2, 0.25) is 0 Å². The highest BCUT2D eigenvalue weighted by Gasteiger charge is 2.43. The Morgan fingerprint density at radius 2 is 1.91 bits per heavy atom. The van der Waals surface area contributed by atoms with E-state index in [9.17, 15) is 9.59 Å². The molecule has 2 aliphatic carbocycles. The van der Waals surface area contributed by atoms with Crippen LogP contribution in [0.1, 0.15) is 61.7 Å². The number of carbonyl (C=O) groups is 1. The zero-order chi connectivity index (χ0) is 15.9. The summed E-state index contributed by atoms with van der Waals surface area (Å²) in [7, 11) is 0. The third kappa shape index (κ3) is 2.58. The Labute approximate surface area is 134 Å². The van der Waals surface area contributed by atoms with Crippen LogP contribution >= 0.6 is 0 Å². The summed E-state index contributed by atoms with van der Waals surface area (Å²) < 4.78 is 4.99. The summed E-state index contributed by atoms with van der Waals surface area (Å²) in [5, 5.41) is 3.28. The fraction of sp³-hybridized carbons (Fsp3) is 0.556. The number of aromatic nitrogens is 1. The molecule has 1 unspecified atom stereocenters. The van der Waals surface area contributed by atoms with Crippen LogP contribution in [0.3, 0.4) is 0 Å². The topological polar surface area (TPSA) is 75.1 Å². The van der Waals surface area contributed by atoms with E-state index in [1.165, 1.54) is 44.9 Å². The third-order valence-corrected chi connectivity index (χ3v) is 5.74. The summed E-state index contributed by atoms with van der Waals surface area (Å²) in [5.74, 6) is -0.540. The maximum absolute atomic E-state index is 12.7. The molecule has 2 aliphatic rings. The molecule has 5 heteroatoms. The van der Waals surface area contributed by atoms with Gasteiger partial charge < -0.3 is 9.73 Å². The lowest BCUT2D eigenvalue weighted by Gasteiger charge is -2.42. The molecule has 1 spiro atoms. The second-order valence-electron chi connectivity index (χ2n) is 7.07. The summed E-state index contributed by atoms with van der Waals surface area (Å²) in [5.41, 5.74) is 1.95. The number of nitrogens with one attached hydrogen (secondary N) is 2. The van der Waals surface area contributed by atoms with E-state index in [0.29, 0.717) is 22.1 Å². The van der Waals surface area contributed by atoms with Crippen LogP contribution in [0.5, 0.6) is 0 Å². The lowest BCUT2D eigenvalue weighted by atomic mass is 9.69. The van der Waals surface area contributed by atoms with E-state index in [-0.39, 0.29) is 11.9 Å². The molecule has 0 aliphatic heterocycles. The fourth-order valence-corrected chi connectivity index (χ4v) is 4.54. The number of hydrogen-bond acceptors (Lipinski definition) is 3. The first-order valence-electron chi connectivity index (χ1n) is 8.60. The van der Waals surface area contributed by atoms with Crippen LogP contribution in [0.4, 0.5) is 0 Å². The van der Waals surface area contributed by atoms with Crippen molar-refractivity contribution in [2.75, 3.05) is 0 Å². The maximum Gasteiger partial charge on any atom is 0.417 e. The zero-order valence-corrected chi connectivity index (χ0v) is 13.2. The van der Waals surface area contributed by atoms with E-state index in [4.69, 9.17) is 4.42 Å². The molecule has 2 fully saturated rings. The van der Waals surface area contributed by atoms with Gasteiger partial charge in [0.15, 0.2) is 5.58 Å². The molecular formula is C18H22N2O3. The smallest absolute Gasteiger partial charge is 0.408 e. The van der Waals surface area contributed by atoms with E-state index in [2.05, 4.69) is 10.3 Å². The second-order valence-corrected chi connectivity index (χ2v) is 7.07. The quantitative estimate of drug-likeness (QED) is 0.892. The van der Waals surface area contributed by atoms with Crippen molar-refractivity contribution in [3.63, 3.8) is 0 Å². The maximum atomic E-state index is 12.7. The molecular weight excluding hydrogens is 292 g/mol. The molecule has 23 heavy (non-hydrogen) atoms. The van der Waals surface area contributed by atoms with Gasteiger partial charge in [-0.15, -0.1) is 0 Å². The van der Waals surface area contributed by atoms with Crippen LogP contribution < -0.4 is 11.1 Å². The number of hydrogen-bond donors (Lipinski definition) is 2. The normalized spacial score (nSPS) is 23.4. The van der Waals surface area contributed by atoms with Crippen molar-refractivity contribution < 1.29 is 9.21 Å². The number of benzene rings is 1. The monoisotopic (exact) mass is 314 g/mol. The van der Waals surface area contributed by atoms with Crippen LogP contribution in [0.15, 0.2) is 27.4 Å².